The highest BCUT2D eigenvalue weighted by molar-refractivity contribution is 5.80. The van der Waals surface area contributed by atoms with Gasteiger partial charge in [-0.1, -0.05) is 24.3 Å². The standard InChI is InChI=1S/C24H26FN5O/c1-26-24(29-19-11-13-30(17-19)20-6-3-2-4-7-20)28-15-18-9-10-23(22(25)14-18)31-21-8-5-12-27-16-21/h2-10,12,14,16,19H,11,13,15,17H2,1H3,(H2,26,28,29). The zero-order valence-electron chi connectivity index (χ0n) is 17.5. The van der Waals surface area contributed by atoms with E-state index in [9.17, 15) is 4.39 Å². The van der Waals surface area contributed by atoms with Gasteiger partial charge in [-0.2, -0.15) is 0 Å². The molecule has 0 amide bonds. The van der Waals surface area contributed by atoms with Crippen molar-refractivity contribution in [3.05, 3.63) is 84.4 Å². The van der Waals surface area contributed by atoms with Crippen molar-refractivity contribution in [2.45, 2.75) is 19.0 Å². The van der Waals surface area contributed by atoms with Crippen LogP contribution >= 0.6 is 0 Å². The van der Waals surface area contributed by atoms with Crippen molar-refractivity contribution in [2.75, 3.05) is 25.0 Å². The molecule has 2 N–H and O–H groups in total. The zero-order valence-corrected chi connectivity index (χ0v) is 17.5. The topological polar surface area (TPSA) is 61.8 Å². The fourth-order valence-corrected chi connectivity index (χ4v) is 3.60. The van der Waals surface area contributed by atoms with Gasteiger partial charge in [-0.15, -0.1) is 0 Å². The van der Waals surface area contributed by atoms with Crippen LogP contribution in [-0.2, 0) is 6.54 Å². The Bertz CT molecular complexity index is 1010. The number of ether oxygens (including phenoxy) is 1. The van der Waals surface area contributed by atoms with Crippen LogP contribution in [0, 0.1) is 5.82 Å². The molecule has 1 aliphatic heterocycles. The van der Waals surface area contributed by atoms with E-state index in [-0.39, 0.29) is 5.75 Å². The van der Waals surface area contributed by atoms with Crippen LogP contribution in [0.15, 0.2) is 78.0 Å². The molecule has 0 radical (unpaired) electrons. The normalized spacial score (nSPS) is 16.3. The molecule has 1 aliphatic rings. The van der Waals surface area contributed by atoms with Crippen molar-refractivity contribution in [1.29, 1.82) is 0 Å². The Kier molecular flexibility index (Phi) is 6.62. The lowest BCUT2D eigenvalue weighted by atomic mass is 10.2. The minimum absolute atomic E-state index is 0.172. The average Bonchev–Trinajstić information content (AvgIpc) is 3.28. The second-order valence-electron chi connectivity index (χ2n) is 7.39. The Morgan fingerprint density at radius 1 is 1.19 bits per heavy atom. The van der Waals surface area contributed by atoms with Gasteiger partial charge in [-0.05, 0) is 48.4 Å². The average molecular weight is 420 g/mol. The van der Waals surface area contributed by atoms with Crippen molar-refractivity contribution < 1.29 is 9.13 Å². The fraction of sp³-hybridized carbons (Fsp3) is 0.250. The molecular weight excluding hydrogens is 393 g/mol. The maximum atomic E-state index is 14.4. The monoisotopic (exact) mass is 419 g/mol. The summed E-state index contributed by atoms with van der Waals surface area (Å²) in [5.41, 5.74) is 2.04. The molecule has 1 fully saturated rings. The van der Waals surface area contributed by atoms with Gasteiger partial charge in [-0.25, -0.2) is 4.39 Å². The molecule has 0 aliphatic carbocycles. The number of hydrogen-bond acceptors (Lipinski definition) is 4. The van der Waals surface area contributed by atoms with E-state index in [2.05, 4.69) is 49.8 Å². The molecule has 4 rings (SSSR count). The number of hydrogen-bond donors (Lipinski definition) is 2. The molecule has 1 saturated heterocycles. The van der Waals surface area contributed by atoms with Crippen LogP contribution in [0.1, 0.15) is 12.0 Å². The first kappa shape index (κ1) is 20.7. The molecule has 0 bridgehead atoms. The first-order valence-corrected chi connectivity index (χ1v) is 10.3. The Morgan fingerprint density at radius 3 is 2.81 bits per heavy atom. The second kappa shape index (κ2) is 9.93. The molecule has 0 spiro atoms. The van der Waals surface area contributed by atoms with Crippen molar-refractivity contribution in [2.24, 2.45) is 4.99 Å². The maximum absolute atomic E-state index is 14.4. The molecule has 6 nitrogen and oxygen atoms in total. The molecular formula is C24H26FN5O. The van der Waals surface area contributed by atoms with Crippen LogP contribution in [0.5, 0.6) is 11.5 Å². The first-order chi connectivity index (χ1) is 15.2. The van der Waals surface area contributed by atoms with Gasteiger partial charge in [-0.3, -0.25) is 9.98 Å². The number of benzene rings is 2. The summed E-state index contributed by atoms with van der Waals surface area (Å²) in [7, 11) is 1.74. The Hall–Kier alpha value is -3.61. The smallest absolute Gasteiger partial charge is 0.191 e. The number of halogens is 1. The molecule has 1 atom stereocenters. The highest BCUT2D eigenvalue weighted by Gasteiger charge is 2.23. The lowest BCUT2D eigenvalue weighted by Gasteiger charge is -2.20. The van der Waals surface area contributed by atoms with Gasteiger partial charge in [0.2, 0.25) is 0 Å². The third-order valence-corrected chi connectivity index (χ3v) is 5.19. The first-order valence-electron chi connectivity index (χ1n) is 10.3. The lowest BCUT2D eigenvalue weighted by Crippen LogP contribution is -2.44. The summed E-state index contributed by atoms with van der Waals surface area (Å²) < 4.78 is 20.0. The van der Waals surface area contributed by atoms with E-state index < -0.39 is 5.82 Å². The van der Waals surface area contributed by atoms with E-state index in [1.807, 2.05) is 12.1 Å². The van der Waals surface area contributed by atoms with Crippen LogP contribution in [-0.4, -0.2) is 37.1 Å². The number of anilines is 1. The number of aromatic nitrogens is 1. The summed E-state index contributed by atoms with van der Waals surface area (Å²) in [6.45, 7) is 2.38. The largest absolute Gasteiger partial charge is 0.453 e. The van der Waals surface area contributed by atoms with Gasteiger partial charge in [0.25, 0.3) is 0 Å². The van der Waals surface area contributed by atoms with Crippen molar-refractivity contribution in [3.63, 3.8) is 0 Å². The second-order valence-corrected chi connectivity index (χ2v) is 7.39. The Balaban J connectivity index is 1.29. The van der Waals surface area contributed by atoms with Gasteiger partial charge in [0.1, 0.15) is 5.75 Å². The summed E-state index contributed by atoms with van der Waals surface area (Å²) in [5.74, 6) is 0.959. The molecule has 3 aromatic rings. The maximum Gasteiger partial charge on any atom is 0.191 e. The number of aliphatic imine (C=N–C) groups is 1. The summed E-state index contributed by atoms with van der Waals surface area (Å²) in [6, 6.07) is 19.1. The van der Waals surface area contributed by atoms with Crippen molar-refractivity contribution in [1.82, 2.24) is 15.6 Å². The van der Waals surface area contributed by atoms with E-state index in [1.54, 1.807) is 37.6 Å². The van der Waals surface area contributed by atoms with Crippen LogP contribution in [0.25, 0.3) is 0 Å². The summed E-state index contributed by atoms with van der Waals surface area (Å²) in [6.07, 6.45) is 4.22. The van der Waals surface area contributed by atoms with Crippen molar-refractivity contribution in [3.8, 4) is 11.5 Å². The molecule has 31 heavy (non-hydrogen) atoms. The van der Waals surface area contributed by atoms with Gasteiger partial charge in [0, 0.05) is 44.6 Å². The fourth-order valence-electron chi connectivity index (χ4n) is 3.60. The summed E-state index contributed by atoms with van der Waals surface area (Å²) >= 11 is 0. The van der Waals surface area contributed by atoms with E-state index in [0.717, 1.165) is 25.1 Å². The number of para-hydroxylation sites is 1. The minimum Gasteiger partial charge on any atom is -0.453 e. The molecule has 1 unspecified atom stereocenters. The number of pyridine rings is 1. The molecule has 7 heteroatoms. The number of nitrogens with zero attached hydrogens (tertiary/aromatic N) is 3. The molecule has 1 aromatic heterocycles. The molecule has 0 saturated carbocycles. The van der Waals surface area contributed by atoms with Crippen LogP contribution in [0.3, 0.4) is 0 Å². The number of guanidine groups is 1. The predicted molar refractivity (Wildman–Crippen MR) is 121 cm³/mol. The van der Waals surface area contributed by atoms with Gasteiger partial charge in [0.15, 0.2) is 17.5 Å². The van der Waals surface area contributed by atoms with Gasteiger partial charge in [0.05, 0.1) is 6.20 Å². The van der Waals surface area contributed by atoms with E-state index >= 15 is 0 Å². The Labute approximate surface area is 181 Å². The third kappa shape index (κ3) is 5.51. The molecule has 160 valence electrons. The highest BCUT2D eigenvalue weighted by Crippen LogP contribution is 2.24. The van der Waals surface area contributed by atoms with E-state index in [1.165, 1.54) is 11.8 Å². The SMILES string of the molecule is CN=C(NCc1ccc(Oc2cccnc2)c(F)c1)NC1CCN(c2ccccc2)C1. The quantitative estimate of drug-likeness (QED) is 0.468. The lowest BCUT2D eigenvalue weighted by molar-refractivity contribution is 0.440. The number of nitrogens with one attached hydrogen (secondary N) is 2. The zero-order chi connectivity index (χ0) is 21.5. The minimum atomic E-state index is -0.416. The van der Waals surface area contributed by atoms with Crippen LogP contribution in [0.4, 0.5) is 10.1 Å². The highest BCUT2D eigenvalue weighted by atomic mass is 19.1. The number of rotatable bonds is 6. The van der Waals surface area contributed by atoms with Crippen LogP contribution < -0.4 is 20.3 Å². The van der Waals surface area contributed by atoms with Crippen LogP contribution in [0.2, 0.25) is 0 Å². The predicted octanol–water partition coefficient (Wildman–Crippen LogP) is 3.96. The van der Waals surface area contributed by atoms with Gasteiger partial charge < -0.3 is 20.3 Å². The summed E-state index contributed by atoms with van der Waals surface area (Å²) in [5, 5.41) is 6.73. The molecule has 2 heterocycles. The Morgan fingerprint density at radius 2 is 2.06 bits per heavy atom. The van der Waals surface area contributed by atoms with E-state index in [4.69, 9.17) is 4.74 Å². The summed E-state index contributed by atoms with van der Waals surface area (Å²) in [4.78, 5) is 10.6. The van der Waals surface area contributed by atoms with Gasteiger partial charge >= 0.3 is 0 Å². The van der Waals surface area contributed by atoms with Crippen molar-refractivity contribution >= 4 is 11.6 Å². The third-order valence-electron chi connectivity index (χ3n) is 5.19. The van der Waals surface area contributed by atoms with E-state index in [0.29, 0.717) is 24.3 Å². The molecule has 2 aromatic carbocycles.